The van der Waals surface area contributed by atoms with Crippen molar-refractivity contribution in [1.29, 1.82) is 0 Å². The summed E-state index contributed by atoms with van der Waals surface area (Å²) in [5.41, 5.74) is 1.50. The summed E-state index contributed by atoms with van der Waals surface area (Å²) in [5, 5.41) is 5.24. The lowest BCUT2D eigenvalue weighted by Gasteiger charge is -2.12. The summed E-state index contributed by atoms with van der Waals surface area (Å²) in [6.07, 6.45) is 0. The van der Waals surface area contributed by atoms with Gasteiger partial charge in [-0.1, -0.05) is 30.3 Å². The van der Waals surface area contributed by atoms with E-state index in [4.69, 9.17) is 14.2 Å². The van der Waals surface area contributed by atoms with Gasteiger partial charge in [0.05, 0.1) is 12.7 Å². The van der Waals surface area contributed by atoms with Crippen molar-refractivity contribution in [2.75, 3.05) is 25.6 Å². The number of hydrogen-bond donors (Lipinski definition) is 2. The molecule has 3 aromatic rings. The van der Waals surface area contributed by atoms with Gasteiger partial charge in [0, 0.05) is 12.2 Å². The van der Waals surface area contributed by atoms with Gasteiger partial charge in [-0.3, -0.25) is 9.59 Å². The van der Waals surface area contributed by atoms with Crippen molar-refractivity contribution in [3.05, 3.63) is 89.7 Å². The van der Waals surface area contributed by atoms with Crippen molar-refractivity contribution in [2.45, 2.75) is 6.54 Å². The van der Waals surface area contributed by atoms with Crippen LogP contribution in [0.4, 0.5) is 10.1 Å². The standard InChI is InChI=1S/C25H23FN2O6/c1-32-22-13-18(25(31)34-15-23(29)27-14-17-5-3-2-4-6-17)7-12-21(22)33-16-24(30)28-20-10-8-19(26)9-11-20/h2-13H,14-16H2,1H3,(H,27,29)(H,28,30). The number of carbonyl (C=O) groups excluding carboxylic acids is 3. The van der Waals surface area contributed by atoms with Crippen LogP contribution in [0.25, 0.3) is 0 Å². The third kappa shape index (κ3) is 7.33. The van der Waals surface area contributed by atoms with Crippen LogP contribution in [0.5, 0.6) is 11.5 Å². The van der Waals surface area contributed by atoms with Gasteiger partial charge in [0.25, 0.3) is 11.8 Å². The van der Waals surface area contributed by atoms with Gasteiger partial charge in [-0.05, 0) is 48.0 Å². The number of halogens is 1. The highest BCUT2D eigenvalue weighted by Gasteiger charge is 2.15. The van der Waals surface area contributed by atoms with Crippen LogP contribution in [-0.2, 0) is 20.9 Å². The predicted octanol–water partition coefficient (Wildman–Crippen LogP) is 3.33. The first-order valence-electron chi connectivity index (χ1n) is 10.3. The minimum atomic E-state index is -0.714. The summed E-state index contributed by atoms with van der Waals surface area (Å²) >= 11 is 0. The topological polar surface area (TPSA) is 103 Å². The summed E-state index contributed by atoms with van der Waals surface area (Å²) in [7, 11) is 1.38. The van der Waals surface area contributed by atoms with Crippen molar-refractivity contribution in [3.63, 3.8) is 0 Å². The molecule has 0 bridgehead atoms. The Morgan fingerprint density at radius 1 is 0.853 bits per heavy atom. The average molecular weight is 466 g/mol. The molecule has 0 fully saturated rings. The summed E-state index contributed by atoms with van der Waals surface area (Å²) in [6, 6.07) is 18.9. The fraction of sp³-hybridized carbons (Fsp3) is 0.160. The van der Waals surface area contributed by atoms with E-state index in [1.54, 1.807) is 0 Å². The number of ether oxygens (including phenoxy) is 3. The molecule has 0 aromatic heterocycles. The summed E-state index contributed by atoms with van der Waals surface area (Å²) in [6.45, 7) is -0.444. The highest BCUT2D eigenvalue weighted by atomic mass is 19.1. The van der Waals surface area contributed by atoms with Crippen LogP contribution in [0.2, 0.25) is 0 Å². The number of benzene rings is 3. The summed E-state index contributed by atoms with van der Waals surface area (Å²) in [4.78, 5) is 36.3. The molecule has 0 spiro atoms. The Hall–Kier alpha value is -4.40. The van der Waals surface area contributed by atoms with Gasteiger partial charge in [-0.2, -0.15) is 0 Å². The fourth-order valence-corrected chi connectivity index (χ4v) is 2.85. The Labute approximate surface area is 195 Å². The van der Waals surface area contributed by atoms with Crippen molar-refractivity contribution < 1.29 is 33.0 Å². The van der Waals surface area contributed by atoms with Crippen molar-refractivity contribution in [3.8, 4) is 11.5 Å². The van der Waals surface area contributed by atoms with Gasteiger partial charge in [0.15, 0.2) is 24.7 Å². The number of nitrogens with one attached hydrogen (secondary N) is 2. The molecule has 34 heavy (non-hydrogen) atoms. The highest BCUT2D eigenvalue weighted by Crippen LogP contribution is 2.28. The zero-order chi connectivity index (χ0) is 24.3. The quantitative estimate of drug-likeness (QED) is 0.445. The van der Waals surface area contributed by atoms with E-state index in [1.807, 2.05) is 30.3 Å². The van der Waals surface area contributed by atoms with Crippen LogP contribution in [0, 0.1) is 5.82 Å². The largest absolute Gasteiger partial charge is 0.493 e. The highest BCUT2D eigenvalue weighted by molar-refractivity contribution is 5.93. The van der Waals surface area contributed by atoms with Crippen LogP contribution < -0.4 is 20.1 Å². The lowest BCUT2D eigenvalue weighted by Crippen LogP contribution is -2.28. The summed E-state index contributed by atoms with van der Waals surface area (Å²) < 4.78 is 28.7. The van der Waals surface area contributed by atoms with Crippen molar-refractivity contribution >= 4 is 23.5 Å². The third-order valence-electron chi connectivity index (χ3n) is 4.55. The van der Waals surface area contributed by atoms with E-state index >= 15 is 0 Å². The molecule has 2 amide bonds. The minimum absolute atomic E-state index is 0.149. The van der Waals surface area contributed by atoms with Crippen molar-refractivity contribution in [1.82, 2.24) is 5.32 Å². The van der Waals surface area contributed by atoms with E-state index in [1.165, 1.54) is 49.6 Å². The molecule has 0 saturated heterocycles. The smallest absolute Gasteiger partial charge is 0.338 e. The van der Waals surface area contributed by atoms with Crippen molar-refractivity contribution in [2.24, 2.45) is 0 Å². The van der Waals surface area contributed by atoms with Crippen LogP contribution in [0.3, 0.4) is 0 Å². The normalized spacial score (nSPS) is 10.2. The maximum atomic E-state index is 12.9. The maximum absolute atomic E-state index is 12.9. The second kappa shape index (κ2) is 12.0. The van der Waals surface area contributed by atoms with E-state index in [9.17, 15) is 18.8 Å². The van der Waals surface area contributed by atoms with Crippen LogP contribution in [0.15, 0.2) is 72.8 Å². The van der Waals surface area contributed by atoms with E-state index < -0.39 is 30.2 Å². The van der Waals surface area contributed by atoms with Gasteiger partial charge in [0.1, 0.15) is 5.82 Å². The Morgan fingerprint density at radius 2 is 1.59 bits per heavy atom. The molecule has 3 rings (SSSR count). The molecule has 0 aliphatic rings. The first-order valence-corrected chi connectivity index (χ1v) is 10.3. The number of hydrogen-bond acceptors (Lipinski definition) is 6. The molecule has 176 valence electrons. The lowest BCUT2D eigenvalue weighted by molar-refractivity contribution is -0.124. The number of carbonyl (C=O) groups is 3. The Morgan fingerprint density at radius 3 is 2.29 bits per heavy atom. The number of amides is 2. The molecule has 0 heterocycles. The monoisotopic (exact) mass is 466 g/mol. The molecular formula is C25H23FN2O6. The molecule has 3 aromatic carbocycles. The second-order valence-corrected chi connectivity index (χ2v) is 7.05. The van der Waals surface area contributed by atoms with E-state index in [0.29, 0.717) is 12.2 Å². The Bertz CT molecular complexity index is 1140. The van der Waals surface area contributed by atoms with E-state index in [2.05, 4.69) is 10.6 Å². The number of esters is 1. The van der Waals surface area contributed by atoms with Gasteiger partial charge in [-0.15, -0.1) is 0 Å². The Balaban J connectivity index is 1.49. The number of anilines is 1. The number of methoxy groups -OCH3 is 1. The molecule has 0 radical (unpaired) electrons. The van der Waals surface area contributed by atoms with E-state index in [-0.39, 0.29) is 23.7 Å². The predicted molar refractivity (Wildman–Crippen MR) is 122 cm³/mol. The molecule has 0 saturated carbocycles. The SMILES string of the molecule is COc1cc(C(=O)OCC(=O)NCc2ccccc2)ccc1OCC(=O)Nc1ccc(F)cc1. The maximum Gasteiger partial charge on any atom is 0.338 e. The summed E-state index contributed by atoms with van der Waals surface area (Å²) in [5.74, 6) is -1.58. The molecule has 0 atom stereocenters. The van der Waals surface area contributed by atoms with Gasteiger partial charge < -0.3 is 24.8 Å². The lowest BCUT2D eigenvalue weighted by atomic mass is 10.2. The minimum Gasteiger partial charge on any atom is -0.493 e. The average Bonchev–Trinajstić information content (AvgIpc) is 2.86. The van der Waals surface area contributed by atoms with Gasteiger partial charge in [-0.25, -0.2) is 9.18 Å². The van der Waals surface area contributed by atoms with E-state index in [0.717, 1.165) is 5.56 Å². The van der Waals surface area contributed by atoms with Crippen LogP contribution >= 0.6 is 0 Å². The molecule has 9 heteroatoms. The van der Waals surface area contributed by atoms with Crippen LogP contribution in [0.1, 0.15) is 15.9 Å². The third-order valence-corrected chi connectivity index (χ3v) is 4.55. The molecule has 2 N–H and O–H groups in total. The number of rotatable bonds is 10. The van der Waals surface area contributed by atoms with Crippen LogP contribution in [-0.4, -0.2) is 38.1 Å². The fourth-order valence-electron chi connectivity index (χ4n) is 2.85. The molecular weight excluding hydrogens is 443 g/mol. The first kappa shape index (κ1) is 24.2. The first-order chi connectivity index (χ1) is 16.4. The van der Waals surface area contributed by atoms with Gasteiger partial charge in [0.2, 0.25) is 0 Å². The molecule has 0 unspecified atom stereocenters. The van der Waals surface area contributed by atoms with Gasteiger partial charge >= 0.3 is 5.97 Å². The Kier molecular flexibility index (Phi) is 8.56. The zero-order valence-corrected chi connectivity index (χ0v) is 18.4. The molecule has 0 aliphatic heterocycles. The second-order valence-electron chi connectivity index (χ2n) is 7.05. The zero-order valence-electron chi connectivity index (χ0n) is 18.4. The molecule has 0 aliphatic carbocycles. The molecule has 8 nitrogen and oxygen atoms in total.